The Labute approximate surface area is 119 Å². The van der Waals surface area contributed by atoms with Crippen molar-refractivity contribution in [3.05, 3.63) is 0 Å². The normalized spacial score (nSPS) is 34.9. The molecule has 0 atom stereocenters. The van der Waals surface area contributed by atoms with Gasteiger partial charge in [-0.25, -0.2) is 0 Å². The zero-order valence-electron chi connectivity index (χ0n) is 13.1. The molecule has 0 aromatic heterocycles. The van der Waals surface area contributed by atoms with Crippen molar-refractivity contribution in [1.29, 1.82) is 0 Å². The molecule has 1 saturated heterocycles. The van der Waals surface area contributed by atoms with E-state index in [1.54, 1.807) is 0 Å². The topological polar surface area (TPSA) is 26.7 Å². The van der Waals surface area contributed by atoms with E-state index < -0.39 is 0 Å². The van der Waals surface area contributed by atoms with Crippen LogP contribution in [0.3, 0.4) is 0 Å². The van der Waals surface area contributed by atoms with E-state index in [2.05, 4.69) is 30.8 Å². The average molecular weight is 268 g/mol. The number of aliphatic hydroxyl groups is 1. The van der Waals surface area contributed by atoms with Crippen molar-refractivity contribution in [2.45, 2.75) is 51.5 Å². The van der Waals surface area contributed by atoms with E-state index in [9.17, 15) is 5.11 Å². The largest absolute Gasteiger partial charge is 0.396 e. The molecule has 112 valence electrons. The molecule has 0 amide bonds. The molecule has 1 aliphatic heterocycles. The maximum Gasteiger partial charge on any atom is 0.0499 e. The highest BCUT2D eigenvalue weighted by Crippen LogP contribution is 2.39. The van der Waals surface area contributed by atoms with Gasteiger partial charge in [0.2, 0.25) is 0 Å². The molecule has 0 aromatic carbocycles. The maximum atomic E-state index is 9.88. The van der Waals surface area contributed by atoms with Gasteiger partial charge in [0, 0.05) is 24.6 Å². The van der Waals surface area contributed by atoms with Gasteiger partial charge >= 0.3 is 0 Å². The van der Waals surface area contributed by atoms with Crippen LogP contribution in [-0.4, -0.2) is 61.3 Å². The van der Waals surface area contributed by atoms with Crippen LogP contribution >= 0.6 is 0 Å². The minimum atomic E-state index is 0.185. The second kappa shape index (κ2) is 6.55. The van der Waals surface area contributed by atoms with Crippen LogP contribution in [0, 0.1) is 11.3 Å². The first-order chi connectivity index (χ1) is 9.04. The molecular formula is C16H32N2O. The number of likely N-dealkylation sites (tertiary alicyclic amines) is 1. The SMILES string of the molecule is CC1CCC(CO)(CN(C)C2CCN(C)CC2)CC1. The minimum absolute atomic E-state index is 0.185. The van der Waals surface area contributed by atoms with Gasteiger partial charge in [-0.15, -0.1) is 0 Å². The summed E-state index contributed by atoms with van der Waals surface area (Å²) < 4.78 is 0. The Hall–Kier alpha value is -0.120. The predicted octanol–water partition coefficient (Wildman–Crippen LogP) is 2.20. The second-order valence-electron chi connectivity index (χ2n) is 7.29. The molecule has 3 heteroatoms. The number of piperidine rings is 1. The summed E-state index contributed by atoms with van der Waals surface area (Å²) in [5.41, 5.74) is 0.185. The lowest BCUT2D eigenvalue weighted by atomic mass is 9.71. The lowest BCUT2D eigenvalue weighted by Crippen LogP contribution is -2.48. The highest BCUT2D eigenvalue weighted by Gasteiger charge is 2.36. The van der Waals surface area contributed by atoms with Crippen LogP contribution in [0.25, 0.3) is 0 Å². The van der Waals surface area contributed by atoms with Gasteiger partial charge in [0.1, 0.15) is 0 Å². The van der Waals surface area contributed by atoms with Crippen LogP contribution in [0.4, 0.5) is 0 Å². The highest BCUT2D eigenvalue weighted by molar-refractivity contribution is 4.89. The molecule has 1 aliphatic carbocycles. The van der Waals surface area contributed by atoms with Gasteiger partial charge in [0.25, 0.3) is 0 Å². The Morgan fingerprint density at radius 3 is 2.26 bits per heavy atom. The molecular weight excluding hydrogens is 236 g/mol. The first kappa shape index (κ1) is 15.3. The zero-order valence-corrected chi connectivity index (χ0v) is 13.1. The summed E-state index contributed by atoms with van der Waals surface area (Å²) in [6, 6.07) is 0.721. The van der Waals surface area contributed by atoms with E-state index >= 15 is 0 Å². The van der Waals surface area contributed by atoms with Gasteiger partial charge in [-0.05, 0) is 58.8 Å². The molecule has 0 aromatic rings. The van der Waals surface area contributed by atoms with Gasteiger partial charge < -0.3 is 14.9 Å². The van der Waals surface area contributed by atoms with E-state index in [0.717, 1.165) is 18.5 Å². The third-order valence-electron chi connectivity index (χ3n) is 5.57. The smallest absolute Gasteiger partial charge is 0.0499 e. The number of aliphatic hydroxyl groups excluding tert-OH is 1. The molecule has 3 nitrogen and oxygen atoms in total. The predicted molar refractivity (Wildman–Crippen MR) is 80.3 cm³/mol. The summed E-state index contributed by atoms with van der Waals surface area (Å²) in [7, 11) is 4.49. The van der Waals surface area contributed by atoms with Crippen LogP contribution in [-0.2, 0) is 0 Å². The first-order valence-corrected chi connectivity index (χ1v) is 8.04. The van der Waals surface area contributed by atoms with Crippen molar-refractivity contribution in [1.82, 2.24) is 9.80 Å². The van der Waals surface area contributed by atoms with Gasteiger partial charge in [0.05, 0.1) is 0 Å². The van der Waals surface area contributed by atoms with Crippen molar-refractivity contribution >= 4 is 0 Å². The Kier molecular flexibility index (Phi) is 5.27. The van der Waals surface area contributed by atoms with Gasteiger partial charge in [-0.2, -0.15) is 0 Å². The van der Waals surface area contributed by atoms with Crippen LogP contribution < -0.4 is 0 Å². The fourth-order valence-corrected chi connectivity index (χ4v) is 3.83. The standard InChI is InChI=1S/C16H32N2O/c1-14-4-8-16(13-19,9-5-14)12-18(3)15-6-10-17(2)11-7-15/h14-15,19H,4-13H2,1-3H3. The van der Waals surface area contributed by atoms with Crippen LogP contribution in [0.1, 0.15) is 45.4 Å². The minimum Gasteiger partial charge on any atom is -0.396 e. The Morgan fingerprint density at radius 2 is 1.74 bits per heavy atom. The molecule has 1 saturated carbocycles. The van der Waals surface area contributed by atoms with Crippen molar-refractivity contribution in [3.8, 4) is 0 Å². The lowest BCUT2D eigenvalue weighted by Gasteiger charge is -2.44. The maximum absolute atomic E-state index is 9.88. The third kappa shape index (κ3) is 3.93. The summed E-state index contributed by atoms with van der Waals surface area (Å²) in [6.45, 7) is 6.25. The number of hydrogen-bond donors (Lipinski definition) is 1. The molecule has 19 heavy (non-hydrogen) atoms. The Morgan fingerprint density at radius 1 is 1.16 bits per heavy atom. The zero-order chi connectivity index (χ0) is 13.9. The number of rotatable bonds is 4. The summed E-state index contributed by atoms with van der Waals surface area (Å²) in [5.74, 6) is 0.855. The number of hydrogen-bond acceptors (Lipinski definition) is 3. The van der Waals surface area contributed by atoms with E-state index in [0.29, 0.717) is 6.61 Å². The summed E-state index contributed by atoms with van der Waals surface area (Å²) in [5, 5.41) is 9.88. The van der Waals surface area contributed by atoms with Gasteiger partial charge in [-0.3, -0.25) is 0 Å². The molecule has 2 aliphatic rings. The molecule has 0 spiro atoms. The second-order valence-corrected chi connectivity index (χ2v) is 7.29. The van der Waals surface area contributed by atoms with E-state index in [1.807, 2.05) is 0 Å². The average Bonchev–Trinajstić information content (AvgIpc) is 2.42. The van der Waals surface area contributed by atoms with Gasteiger partial charge in [0.15, 0.2) is 0 Å². The summed E-state index contributed by atoms with van der Waals surface area (Å²) >= 11 is 0. The molecule has 0 bridgehead atoms. The van der Waals surface area contributed by atoms with Gasteiger partial charge in [-0.1, -0.05) is 19.8 Å². The van der Waals surface area contributed by atoms with Crippen LogP contribution in [0.15, 0.2) is 0 Å². The molecule has 2 rings (SSSR count). The molecule has 1 heterocycles. The number of nitrogens with zero attached hydrogens (tertiary/aromatic N) is 2. The van der Waals surface area contributed by atoms with E-state index in [-0.39, 0.29) is 5.41 Å². The third-order valence-corrected chi connectivity index (χ3v) is 5.57. The van der Waals surface area contributed by atoms with E-state index in [1.165, 1.54) is 51.6 Å². The first-order valence-electron chi connectivity index (χ1n) is 8.04. The lowest BCUT2D eigenvalue weighted by molar-refractivity contribution is 0.0157. The van der Waals surface area contributed by atoms with Crippen molar-refractivity contribution in [2.24, 2.45) is 11.3 Å². The van der Waals surface area contributed by atoms with Crippen molar-refractivity contribution in [3.63, 3.8) is 0 Å². The molecule has 2 fully saturated rings. The molecule has 0 unspecified atom stereocenters. The van der Waals surface area contributed by atoms with Crippen molar-refractivity contribution in [2.75, 3.05) is 40.3 Å². The van der Waals surface area contributed by atoms with E-state index in [4.69, 9.17) is 0 Å². The van der Waals surface area contributed by atoms with Crippen molar-refractivity contribution < 1.29 is 5.11 Å². The fourth-order valence-electron chi connectivity index (χ4n) is 3.83. The summed E-state index contributed by atoms with van der Waals surface area (Å²) in [4.78, 5) is 4.97. The fraction of sp³-hybridized carbons (Fsp3) is 1.00. The van der Waals surface area contributed by atoms with Crippen LogP contribution in [0.2, 0.25) is 0 Å². The van der Waals surface area contributed by atoms with Crippen LogP contribution in [0.5, 0.6) is 0 Å². The Bertz CT molecular complexity index is 266. The highest BCUT2D eigenvalue weighted by atomic mass is 16.3. The quantitative estimate of drug-likeness (QED) is 0.847. The Balaban J connectivity index is 1.87. The molecule has 1 N–H and O–H groups in total. The summed E-state index contributed by atoms with van der Waals surface area (Å²) in [6.07, 6.45) is 7.57. The molecule has 0 radical (unpaired) electrons. The monoisotopic (exact) mass is 268 g/mol.